The molecule has 0 N–H and O–H groups in total. The van der Waals surface area contributed by atoms with E-state index in [9.17, 15) is 4.79 Å². The van der Waals surface area contributed by atoms with Gasteiger partial charge in [0.2, 0.25) is 0 Å². The first-order valence-corrected chi connectivity index (χ1v) is 12.2. The number of anilines is 1. The first-order valence-electron chi connectivity index (χ1n) is 11.4. The second kappa shape index (κ2) is 13.1. The van der Waals surface area contributed by atoms with E-state index < -0.39 is 0 Å². The predicted octanol–water partition coefficient (Wildman–Crippen LogP) is 3.93. The number of benzene rings is 1. The summed E-state index contributed by atoms with van der Waals surface area (Å²) in [6.07, 6.45) is 3.65. The van der Waals surface area contributed by atoms with Crippen LogP contribution in [-0.4, -0.2) is 72.8 Å². The van der Waals surface area contributed by atoms with Crippen LogP contribution in [0.1, 0.15) is 16.9 Å². The van der Waals surface area contributed by atoms with Gasteiger partial charge in [0, 0.05) is 50.7 Å². The molecule has 4 heterocycles. The fourth-order valence-electron chi connectivity index (χ4n) is 4.87. The van der Waals surface area contributed by atoms with E-state index in [1.165, 1.54) is 16.1 Å². The van der Waals surface area contributed by atoms with Gasteiger partial charge in [-0.2, -0.15) is 0 Å². The van der Waals surface area contributed by atoms with Crippen LogP contribution in [0.4, 0.5) is 5.69 Å². The van der Waals surface area contributed by atoms with Crippen molar-refractivity contribution in [1.82, 2.24) is 19.4 Å². The maximum Gasteiger partial charge on any atom is 0.262 e. The first-order chi connectivity index (χ1) is 15.6. The zero-order valence-electron chi connectivity index (χ0n) is 20.1. The van der Waals surface area contributed by atoms with Gasteiger partial charge >= 0.3 is 0 Å². The lowest BCUT2D eigenvalue weighted by molar-refractivity contribution is 0.249. The molecule has 2 aliphatic heterocycles. The minimum atomic E-state index is 0. The number of aromatic nitrogens is 2. The predicted molar refractivity (Wildman–Crippen MR) is 152 cm³/mol. The van der Waals surface area contributed by atoms with Crippen LogP contribution in [-0.2, 0) is 19.5 Å². The second-order valence-corrected chi connectivity index (χ2v) is 9.85. The van der Waals surface area contributed by atoms with E-state index in [0.717, 1.165) is 81.2 Å². The Morgan fingerprint density at radius 3 is 2.51 bits per heavy atom. The van der Waals surface area contributed by atoms with Gasteiger partial charge in [-0.1, -0.05) is 12.1 Å². The number of para-hydroxylation sites is 2. The van der Waals surface area contributed by atoms with Crippen LogP contribution < -0.4 is 15.2 Å². The largest absolute Gasteiger partial charge is 0.495 e. The number of piperazine rings is 1. The fourth-order valence-corrected chi connectivity index (χ4v) is 6.13. The highest BCUT2D eigenvalue weighted by Crippen LogP contribution is 2.32. The van der Waals surface area contributed by atoms with E-state index >= 15 is 0 Å². The summed E-state index contributed by atoms with van der Waals surface area (Å²) in [7, 11) is 3.86. The lowest BCUT2D eigenvalue weighted by atomic mass is 10.1. The third kappa shape index (κ3) is 6.24. The molecule has 11 heteroatoms. The minimum Gasteiger partial charge on any atom is -0.495 e. The molecular weight excluding hydrogens is 529 g/mol. The Balaban J connectivity index is 0.00000144. The van der Waals surface area contributed by atoms with Crippen molar-refractivity contribution in [2.45, 2.75) is 25.9 Å². The molecule has 3 aromatic rings. The van der Waals surface area contributed by atoms with Gasteiger partial charge in [-0.05, 0) is 44.1 Å². The Bertz CT molecular complexity index is 1160. The highest BCUT2D eigenvalue weighted by atomic mass is 35.5. The van der Waals surface area contributed by atoms with E-state index in [-0.39, 0.29) is 42.8 Å². The number of aryl methyl sites for hydroxylation is 1. The number of nitrogens with zero attached hydrogens (tertiary/aromatic N) is 5. The molecule has 194 valence electrons. The summed E-state index contributed by atoms with van der Waals surface area (Å²) < 4.78 is 7.34. The van der Waals surface area contributed by atoms with Gasteiger partial charge in [0.15, 0.2) is 0 Å². The van der Waals surface area contributed by atoms with Crippen molar-refractivity contribution in [3.8, 4) is 5.75 Å². The van der Waals surface area contributed by atoms with Gasteiger partial charge in [-0.15, -0.1) is 48.6 Å². The van der Waals surface area contributed by atoms with Crippen molar-refractivity contribution in [3.05, 3.63) is 51.4 Å². The molecular formula is C24H34Cl3N5O2S. The molecule has 0 spiro atoms. The molecule has 35 heavy (non-hydrogen) atoms. The molecule has 5 rings (SSSR count). The van der Waals surface area contributed by atoms with Gasteiger partial charge in [0.05, 0.1) is 24.5 Å². The van der Waals surface area contributed by atoms with Crippen molar-refractivity contribution >= 4 is 64.5 Å². The van der Waals surface area contributed by atoms with Crippen LogP contribution in [0.15, 0.2) is 35.4 Å². The molecule has 0 bridgehead atoms. The van der Waals surface area contributed by atoms with Crippen LogP contribution >= 0.6 is 48.6 Å². The summed E-state index contributed by atoms with van der Waals surface area (Å²) in [5.41, 5.74) is 2.55. The molecule has 0 atom stereocenters. The van der Waals surface area contributed by atoms with Crippen LogP contribution in [0.2, 0.25) is 0 Å². The summed E-state index contributed by atoms with van der Waals surface area (Å²) in [6, 6.07) is 8.23. The van der Waals surface area contributed by atoms with Gasteiger partial charge in [-0.3, -0.25) is 14.3 Å². The Labute approximate surface area is 229 Å². The Morgan fingerprint density at radius 1 is 1.03 bits per heavy atom. The van der Waals surface area contributed by atoms with Crippen molar-refractivity contribution in [2.75, 3.05) is 58.3 Å². The molecule has 2 aromatic heterocycles. The number of halogens is 3. The number of hydrogen-bond donors (Lipinski definition) is 0. The van der Waals surface area contributed by atoms with Crippen molar-refractivity contribution in [2.24, 2.45) is 0 Å². The summed E-state index contributed by atoms with van der Waals surface area (Å²) in [6.45, 7) is 7.68. The molecule has 0 aliphatic carbocycles. The van der Waals surface area contributed by atoms with Crippen molar-refractivity contribution < 1.29 is 4.74 Å². The summed E-state index contributed by atoms with van der Waals surface area (Å²) in [5.74, 6) is 0.936. The summed E-state index contributed by atoms with van der Waals surface area (Å²) in [5, 5.41) is 0.867. The van der Waals surface area contributed by atoms with E-state index in [1.807, 2.05) is 16.7 Å². The SMILES string of the molecule is COc1ccccc1N1CCN(CCCn2cnc3sc4c(c3c2=O)CCN(C)C4)CC1.Cl.Cl.Cl. The Kier molecular flexibility index (Phi) is 11.1. The number of fused-ring (bicyclic) bond motifs is 3. The zero-order valence-corrected chi connectivity index (χ0v) is 23.4. The highest BCUT2D eigenvalue weighted by molar-refractivity contribution is 7.18. The fraction of sp³-hybridized carbons (Fsp3) is 0.500. The second-order valence-electron chi connectivity index (χ2n) is 8.77. The third-order valence-corrected chi connectivity index (χ3v) is 7.81. The normalized spacial score (nSPS) is 16.1. The average Bonchev–Trinajstić information content (AvgIpc) is 3.19. The number of methoxy groups -OCH3 is 1. The number of ether oxygens (including phenoxy) is 1. The Hall–Kier alpha value is -1.55. The molecule has 1 aromatic carbocycles. The number of rotatable bonds is 6. The molecule has 1 saturated heterocycles. The average molecular weight is 563 g/mol. The zero-order chi connectivity index (χ0) is 22.1. The van der Waals surface area contributed by atoms with Gasteiger partial charge in [0.1, 0.15) is 10.6 Å². The summed E-state index contributed by atoms with van der Waals surface area (Å²) >= 11 is 1.69. The van der Waals surface area contributed by atoms with E-state index in [1.54, 1.807) is 24.8 Å². The molecule has 1 fully saturated rings. The molecule has 0 unspecified atom stereocenters. The molecule has 0 saturated carbocycles. The molecule has 7 nitrogen and oxygen atoms in total. The third-order valence-electron chi connectivity index (χ3n) is 6.69. The van der Waals surface area contributed by atoms with Gasteiger partial charge < -0.3 is 14.5 Å². The number of thiophene rings is 1. The van der Waals surface area contributed by atoms with Crippen molar-refractivity contribution in [1.29, 1.82) is 0 Å². The molecule has 0 amide bonds. The molecule has 0 radical (unpaired) electrons. The standard InChI is InChI=1S/C24H31N5O2S.3ClH/c1-26-11-8-18-21(16-26)32-23-22(18)24(30)29(17-25-23)10-5-9-27-12-14-28(15-13-27)19-6-3-4-7-20(19)31-2;;;/h3-4,6-7,17H,5,8-16H2,1-2H3;3*1H. The van der Waals surface area contributed by atoms with Crippen LogP contribution in [0.5, 0.6) is 5.75 Å². The maximum atomic E-state index is 13.2. The lowest BCUT2D eigenvalue weighted by Gasteiger charge is -2.36. The van der Waals surface area contributed by atoms with E-state index in [0.29, 0.717) is 0 Å². The number of hydrogen-bond acceptors (Lipinski definition) is 7. The minimum absolute atomic E-state index is 0. The van der Waals surface area contributed by atoms with Crippen molar-refractivity contribution in [3.63, 3.8) is 0 Å². The Morgan fingerprint density at radius 2 is 1.77 bits per heavy atom. The highest BCUT2D eigenvalue weighted by Gasteiger charge is 2.22. The monoisotopic (exact) mass is 561 g/mol. The van der Waals surface area contributed by atoms with Crippen LogP contribution in [0.3, 0.4) is 0 Å². The quantitative estimate of drug-likeness (QED) is 0.454. The van der Waals surface area contributed by atoms with Crippen LogP contribution in [0.25, 0.3) is 10.2 Å². The first kappa shape index (κ1) is 29.7. The van der Waals surface area contributed by atoms with E-state index in [4.69, 9.17) is 4.74 Å². The smallest absolute Gasteiger partial charge is 0.262 e. The summed E-state index contributed by atoms with van der Waals surface area (Å²) in [4.78, 5) is 27.2. The number of likely N-dealkylation sites (N-methyl/N-ethyl adjacent to an activating group) is 1. The molecule has 2 aliphatic rings. The maximum absolute atomic E-state index is 13.2. The van der Waals surface area contributed by atoms with E-state index in [2.05, 4.69) is 38.9 Å². The van der Waals surface area contributed by atoms with Gasteiger partial charge in [0.25, 0.3) is 5.56 Å². The van der Waals surface area contributed by atoms with Crippen LogP contribution in [0, 0.1) is 0 Å². The lowest BCUT2D eigenvalue weighted by Crippen LogP contribution is -2.46. The topological polar surface area (TPSA) is 53.8 Å². The van der Waals surface area contributed by atoms with Gasteiger partial charge in [-0.25, -0.2) is 4.98 Å².